The summed E-state index contributed by atoms with van der Waals surface area (Å²) < 4.78 is 29.2. The second-order valence-corrected chi connectivity index (χ2v) is 15.0. The van der Waals surface area contributed by atoms with Gasteiger partial charge in [0.1, 0.15) is 11.6 Å². The first-order valence-electron chi connectivity index (χ1n) is 15.0. The molecule has 0 aliphatic carbocycles. The minimum atomic E-state index is -4.28. The standard InChI is InChI=1S/C32H43N7O3S/c1-31(2,3)26-17-15-23-29(36-26)39-20-21(19-32(39,4)5)14-16-25(24-11-6-9-22(34-24)10-8-18-33)35-27-12-7-13-28(37-27)43(41,42)38-30(23)40/h6-7,9,11-13,15,17,21,25H,8,10,14,16,18-20,33H2,1-5H3,(H,35,37)(H,38,40)/t21-,25+/m0/s1. The Hall–Kier alpha value is -3.57. The molecule has 0 saturated carbocycles. The zero-order valence-electron chi connectivity index (χ0n) is 25.7. The van der Waals surface area contributed by atoms with Crippen LogP contribution >= 0.6 is 0 Å². The van der Waals surface area contributed by atoms with Crippen molar-refractivity contribution < 1.29 is 13.2 Å². The maximum atomic E-state index is 13.6. The van der Waals surface area contributed by atoms with E-state index in [4.69, 9.17) is 15.7 Å². The zero-order chi connectivity index (χ0) is 31.0. The van der Waals surface area contributed by atoms with Gasteiger partial charge in [-0.25, -0.2) is 14.7 Å². The van der Waals surface area contributed by atoms with Crippen molar-refractivity contribution in [2.45, 2.75) is 88.7 Å². The molecule has 0 unspecified atom stereocenters. The summed E-state index contributed by atoms with van der Waals surface area (Å²) in [5.74, 6) is 0.500. The van der Waals surface area contributed by atoms with Gasteiger partial charge in [-0.3, -0.25) is 9.78 Å². The van der Waals surface area contributed by atoms with Crippen molar-refractivity contribution in [1.29, 1.82) is 0 Å². The number of carbonyl (C=O) groups excluding carboxylic acids is 1. The molecule has 230 valence electrons. The highest BCUT2D eigenvalue weighted by atomic mass is 32.2. The summed E-state index contributed by atoms with van der Waals surface area (Å²) in [5.41, 5.74) is 8.09. The number of anilines is 2. The predicted octanol–water partition coefficient (Wildman–Crippen LogP) is 4.73. The van der Waals surface area contributed by atoms with E-state index in [-0.39, 0.29) is 27.6 Å². The molecule has 1 saturated heterocycles. The summed E-state index contributed by atoms with van der Waals surface area (Å²) in [6.45, 7) is 11.8. The van der Waals surface area contributed by atoms with Gasteiger partial charge in [-0.05, 0) is 94.8 Å². The molecule has 4 bridgehead atoms. The number of fused-ring (bicyclic) bond motifs is 6. The smallest absolute Gasteiger partial charge is 0.281 e. The Labute approximate surface area is 255 Å². The number of hydrogen-bond donors (Lipinski definition) is 3. The van der Waals surface area contributed by atoms with Gasteiger partial charge in [-0.2, -0.15) is 8.42 Å². The Kier molecular flexibility index (Phi) is 8.50. The van der Waals surface area contributed by atoms with Gasteiger partial charge < -0.3 is 16.0 Å². The molecule has 1 fully saturated rings. The van der Waals surface area contributed by atoms with Crippen LogP contribution in [0.2, 0.25) is 0 Å². The third-order valence-electron chi connectivity index (χ3n) is 8.34. The maximum absolute atomic E-state index is 13.6. The molecule has 2 aliphatic rings. The van der Waals surface area contributed by atoms with Crippen molar-refractivity contribution in [1.82, 2.24) is 19.7 Å². The van der Waals surface area contributed by atoms with Crippen molar-refractivity contribution in [2.75, 3.05) is 23.3 Å². The van der Waals surface area contributed by atoms with Crippen LogP contribution in [0.25, 0.3) is 0 Å². The minimum Gasteiger partial charge on any atom is -0.362 e. The van der Waals surface area contributed by atoms with Crippen LogP contribution in [0.5, 0.6) is 0 Å². The number of carbonyl (C=O) groups is 1. The quantitative estimate of drug-likeness (QED) is 0.384. The van der Waals surface area contributed by atoms with Gasteiger partial charge in [0.15, 0.2) is 5.03 Å². The fraction of sp³-hybridized carbons (Fsp3) is 0.500. The fourth-order valence-corrected chi connectivity index (χ4v) is 7.00. The van der Waals surface area contributed by atoms with E-state index in [1.165, 1.54) is 6.07 Å². The summed E-state index contributed by atoms with van der Waals surface area (Å²) in [6, 6.07) is 14.1. The lowest BCUT2D eigenvalue weighted by atomic mass is 9.90. The van der Waals surface area contributed by atoms with Crippen LogP contribution in [0, 0.1) is 5.92 Å². The van der Waals surface area contributed by atoms with Gasteiger partial charge in [-0.15, -0.1) is 0 Å². The molecule has 10 nitrogen and oxygen atoms in total. The van der Waals surface area contributed by atoms with Crippen LogP contribution in [-0.4, -0.2) is 47.9 Å². The molecule has 5 rings (SSSR count). The molecule has 0 radical (unpaired) electrons. The molecule has 11 heteroatoms. The van der Waals surface area contributed by atoms with Crippen molar-refractivity contribution >= 4 is 27.6 Å². The van der Waals surface area contributed by atoms with Crippen molar-refractivity contribution in [3.8, 4) is 0 Å². The fourth-order valence-electron chi connectivity index (χ4n) is 6.07. The van der Waals surface area contributed by atoms with Gasteiger partial charge in [0.25, 0.3) is 15.9 Å². The molecule has 3 aromatic heterocycles. The van der Waals surface area contributed by atoms with Gasteiger partial charge in [-0.1, -0.05) is 32.9 Å². The maximum Gasteiger partial charge on any atom is 0.281 e. The topological polar surface area (TPSA) is 143 Å². The number of nitrogens with two attached hydrogens (primary N) is 1. The lowest BCUT2D eigenvalue weighted by Crippen LogP contribution is -2.41. The predicted molar refractivity (Wildman–Crippen MR) is 169 cm³/mol. The number of hydrogen-bond acceptors (Lipinski definition) is 9. The van der Waals surface area contributed by atoms with E-state index in [9.17, 15) is 13.2 Å². The largest absolute Gasteiger partial charge is 0.362 e. The number of sulfonamides is 1. The molecule has 4 N–H and O–H groups in total. The second kappa shape index (κ2) is 11.8. The van der Waals surface area contributed by atoms with Crippen LogP contribution < -0.4 is 20.7 Å². The Bertz CT molecular complexity index is 1600. The van der Waals surface area contributed by atoms with Gasteiger partial charge >= 0.3 is 0 Å². The highest BCUT2D eigenvalue weighted by molar-refractivity contribution is 7.90. The Morgan fingerprint density at radius 3 is 2.53 bits per heavy atom. The van der Waals surface area contributed by atoms with Gasteiger partial charge in [0.2, 0.25) is 0 Å². The minimum absolute atomic E-state index is 0.196. The molecule has 1 amide bonds. The third-order valence-corrected chi connectivity index (χ3v) is 9.57. The van der Waals surface area contributed by atoms with E-state index in [1.807, 2.05) is 24.3 Å². The zero-order valence-corrected chi connectivity index (χ0v) is 26.5. The van der Waals surface area contributed by atoms with Gasteiger partial charge in [0.05, 0.1) is 17.3 Å². The first-order valence-corrected chi connectivity index (χ1v) is 16.5. The second-order valence-electron chi connectivity index (χ2n) is 13.3. The number of rotatable bonds is 4. The van der Waals surface area contributed by atoms with Crippen LogP contribution in [0.1, 0.15) is 93.8 Å². The normalized spacial score (nSPS) is 21.6. The Morgan fingerprint density at radius 1 is 1.02 bits per heavy atom. The highest BCUT2D eigenvalue weighted by Gasteiger charge is 2.41. The first kappa shape index (κ1) is 30.9. The summed E-state index contributed by atoms with van der Waals surface area (Å²) >= 11 is 0. The summed E-state index contributed by atoms with van der Waals surface area (Å²) in [5, 5.41) is 3.21. The Balaban J connectivity index is 1.60. The van der Waals surface area contributed by atoms with Crippen LogP contribution in [0.15, 0.2) is 53.6 Å². The van der Waals surface area contributed by atoms with Crippen molar-refractivity contribution in [2.24, 2.45) is 11.7 Å². The SMILES string of the molecule is CC(C)(C)c1ccc2c(n1)N1C[C@@H](CC[C@H](c3cccc(CCCN)n3)Nc3cccc(n3)S(=O)(=O)NC2=O)CC1(C)C. The van der Waals surface area contributed by atoms with E-state index >= 15 is 0 Å². The third kappa shape index (κ3) is 6.83. The molecular weight excluding hydrogens is 562 g/mol. The summed E-state index contributed by atoms with van der Waals surface area (Å²) in [7, 11) is -4.28. The van der Waals surface area contributed by atoms with Crippen molar-refractivity contribution in [3.05, 3.63) is 71.2 Å². The number of pyridine rings is 3. The molecule has 0 spiro atoms. The lowest BCUT2D eigenvalue weighted by Gasteiger charge is -2.34. The van der Waals surface area contributed by atoms with Crippen LogP contribution in [0.4, 0.5) is 11.6 Å². The number of amides is 1. The van der Waals surface area contributed by atoms with E-state index in [1.54, 1.807) is 18.2 Å². The summed E-state index contributed by atoms with van der Waals surface area (Å²) in [6.07, 6.45) is 4.20. The number of nitrogens with one attached hydrogen (secondary N) is 2. The molecule has 2 aliphatic heterocycles. The average molecular weight is 606 g/mol. The Morgan fingerprint density at radius 2 is 1.79 bits per heavy atom. The number of aryl methyl sites for hydroxylation is 1. The van der Waals surface area contributed by atoms with Crippen LogP contribution in [-0.2, 0) is 21.9 Å². The lowest BCUT2D eigenvalue weighted by molar-refractivity contribution is 0.0981. The average Bonchev–Trinajstić information content (AvgIpc) is 3.26. The highest BCUT2D eigenvalue weighted by Crippen LogP contribution is 2.41. The number of aromatic nitrogens is 3. The molecule has 2 atom stereocenters. The molecular formula is C32H43N7O3S. The van der Waals surface area contributed by atoms with E-state index < -0.39 is 15.9 Å². The van der Waals surface area contributed by atoms with Crippen molar-refractivity contribution in [3.63, 3.8) is 0 Å². The molecule has 5 heterocycles. The van der Waals surface area contributed by atoms with E-state index in [0.29, 0.717) is 30.6 Å². The van der Waals surface area contributed by atoms with E-state index in [0.717, 1.165) is 49.2 Å². The summed E-state index contributed by atoms with van der Waals surface area (Å²) in [4.78, 5) is 30.1. The molecule has 0 aromatic carbocycles. The van der Waals surface area contributed by atoms with Gasteiger partial charge in [0, 0.05) is 28.9 Å². The van der Waals surface area contributed by atoms with E-state index in [2.05, 4.69) is 54.5 Å². The molecule has 3 aromatic rings. The monoisotopic (exact) mass is 605 g/mol. The first-order chi connectivity index (χ1) is 20.3. The number of nitrogens with zero attached hydrogens (tertiary/aromatic N) is 4. The van der Waals surface area contributed by atoms with Crippen LogP contribution in [0.3, 0.4) is 0 Å². The molecule has 43 heavy (non-hydrogen) atoms.